The third-order valence-electron chi connectivity index (χ3n) is 4.38. The molecule has 0 bridgehead atoms. The van der Waals surface area contributed by atoms with E-state index in [0.29, 0.717) is 13.0 Å². The number of carbonyl (C=O) groups excluding carboxylic acids is 3. The van der Waals surface area contributed by atoms with Crippen molar-refractivity contribution in [2.45, 2.75) is 31.7 Å². The first-order valence-electron chi connectivity index (χ1n) is 8.13. The van der Waals surface area contributed by atoms with Gasteiger partial charge in [0, 0.05) is 19.1 Å². The molecule has 0 spiro atoms. The predicted molar refractivity (Wildman–Crippen MR) is 83.6 cm³/mol. The number of amides is 2. The first-order chi connectivity index (χ1) is 11.6. The Morgan fingerprint density at radius 2 is 1.96 bits per heavy atom. The van der Waals surface area contributed by atoms with E-state index < -0.39 is 12.1 Å². The molecular weight excluding hydrogens is 312 g/mol. The van der Waals surface area contributed by atoms with E-state index >= 15 is 0 Å². The normalized spacial score (nSPS) is 19.8. The summed E-state index contributed by atoms with van der Waals surface area (Å²) >= 11 is 0. The number of piperazine rings is 1. The zero-order chi connectivity index (χ0) is 16.9. The molecule has 0 saturated carbocycles. The minimum Gasteiger partial charge on any atom is -0.336 e. The summed E-state index contributed by atoms with van der Waals surface area (Å²) in [5.41, 5.74) is 1.00. The SMILES string of the molecule is O=C(CCc1ccccc1)OOC(=O)N1CC(=O)N2CCC[C@H]2C1. The lowest BCUT2D eigenvalue weighted by Crippen LogP contribution is -2.55. The largest absolute Gasteiger partial charge is 0.453 e. The fourth-order valence-electron chi connectivity index (χ4n) is 3.13. The summed E-state index contributed by atoms with van der Waals surface area (Å²) in [5.74, 6) is -0.700. The van der Waals surface area contributed by atoms with E-state index in [1.165, 1.54) is 4.90 Å². The van der Waals surface area contributed by atoms with Crippen molar-refractivity contribution in [1.29, 1.82) is 0 Å². The molecule has 0 radical (unpaired) electrons. The van der Waals surface area contributed by atoms with Crippen LogP contribution in [0.1, 0.15) is 24.8 Å². The maximum Gasteiger partial charge on any atom is 0.453 e. The molecule has 0 unspecified atom stereocenters. The predicted octanol–water partition coefficient (Wildman–Crippen LogP) is 1.52. The fourth-order valence-corrected chi connectivity index (χ4v) is 3.13. The first kappa shape index (κ1) is 16.3. The van der Waals surface area contributed by atoms with Crippen molar-refractivity contribution < 1.29 is 24.2 Å². The van der Waals surface area contributed by atoms with E-state index in [0.717, 1.165) is 24.9 Å². The lowest BCUT2D eigenvalue weighted by atomic mass is 10.1. The monoisotopic (exact) mass is 332 g/mol. The highest BCUT2D eigenvalue weighted by Crippen LogP contribution is 2.22. The van der Waals surface area contributed by atoms with Crippen molar-refractivity contribution in [3.8, 4) is 0 Å². The van der Waals surface area contributed by atoms with Crippen LogP contribution >= 0.6 is 0 Å². The number of benzene rings is 1. The van der Waals surface area contributed by atoms with Gasteiger partial charge in [0.05, 0.1) is 6.42 Å². The molecular formula is C17H20N2O5. The van der Waals surface area contributed by atoms with E-state index in [2.05, 4.69) is 9.78 Å². The highest BCUT2D eigenvalue weighted by Gasteiger charge is 2.38. The molecule has 2 saturated heterocycles. The van der Waals surface area contributed by atoms with Crippen LogP contribution in [0, 0.1) is 0 Å². The molecule has 7 heteroatoms. The van der Waals surface area contributed by atoms with Crippen LogP contribution in [-0.4, -0.2) is 53.4 Å². The third kappa shape index (κ3) is 3.84. The highest BCUT2D eigenvalue weighted by molar-refractivity contribution is 5.84. The minimum absolute atomic E-state index is 0.0309. The maximum absolute atomic E-state index is 12.0. The van der Waals surface area contributed by atoms with Gasteiger partial charge in [0.1, 0.15) is 6.54 Å². The molecule has 0 aliphatic carbocycles. The molecule has 7 nitrogen and oxygen atoms in total. The van der Waals surface area contributed by atoms with Crippen LogP contribution in [0.3, 0.4) is 0 Å². The summed E-state index contributed by atoms with van der Waals surface area (Å²) in [6, 6.07) is 9.54. The summed E-state index contributed by atoms with van der Waals surface area (Å²) < 4.78 is 0. The van der Waals surface area contributed by atoms with Crippen LogP contribution in [-0.2, 0) is 25.8 Å². The second kappa shape index (κ2) is 7.33. The van der Waals surface area contributed by atoms with E-state index in [-0.39, 0.29) is 24.9 Å². The Labute approximate surface area is 140 Å². The number of carbonyl (C=O) groups is 3. The van der Waals surface area contributed by atoms with Crippen LogP contribution in [0.4, 0.5) is 4.79 Å². The van der Waals surface area contributed by atoms with Gasteiger partial charge in [-0.2, -0.15) is 0 Å². The lowest BCUT2D eigenvalue weighted by molar-refractivity contribution is -0.237. The summed E-state index contributed by atoms with van der Waals surface area (Å²) in [6.07, 6.45) is 1.67. The van der Waals surface area contributed by atoms with Crippen molar-refractivity contribution in [3.05, 3.63) is 35.9 Å². The van der Waals surface area contributed by atoms with Crippen LogP contribution in [0.25, 0.3) is 0 Å². The average molecular weight is 332 g/mol. The Morgan fingerprint density at radius 3 is 2.75 bits per heavy atom. The molecule has 128 valence electrons. The summed E-state index contributed by atoms with van der Waals surface area (Å²) in [7, 11) is 0. The second-order valence-electron chi connectivity index (χ2n) is 6.05. The molecule has 1 aromatic rings. The van der Waals surface area contributed by atoms with Gasteiger partial charge in [0.15, 0.2) is 0 Å². The van der Waals surface area contributed by atoms with Crippen molar-refractivity contribution in [3.63, 3.8) is 0 Å². The van der Waals surface area contributed by atoms with E-state index in [1.54, 1.807) is 4.90 Å². The second-order valence-corrected chi connectivity index (χ2v) is 6.05. The van der Waals surface area contributed by atoms with Crippen molar-refractivity contribution in [1.82, 2.24) is 9.80 Å². The summed E-state index contributed by atoms with van der Waals surface area (Å²) in [5, 5.41) is 0. The van der Waals surface area contributed by atoms with Gasteiger partial charge in [-0.1, -0.05) is 30.3 Å². The van der Waals surface area contributed by atoms with Gasteiger partial charge in [-0.3, -0.25) is 9.69 Å². The highest BCUT2D eigenvalue weighted by atomic mass is 17.2. The number of nitrogens with zero attached hydrogens (tertiary/aromatic N) is 2. The number of fused-ring (bicyclic) bond motifs is 1. The Kier molecular flexibility index (Phi) is 4.98. The molecule has 0 N–H and O–H groups in total. The molecule has 1 atom stereocenters. The molecule has 2 heterocycles. The molecule has 2 aliphatic rings. The molecule has 2 aliphatic heterocycles. The number of rotatable bonds is 3. The Bertz CT molecular complexity index is 619. The summed E-state index contributed by atoms with van der Waals surface area (Å²) in [6.45, 7) is 1.14. The van der Waals surface area contributed by atoms with Crippen LogP contribution in [0.5, 0.6) is 0 Å². The number of hydrogen-bond donors (Lipinski definition) is 0. The van der Waals surface area contributed by atoms with Gasteiger partial charge in [-0.25, -0.2) is 19.4 Å². The van der Waals surface area contributed by atoms with Crippen LogP contribution < -0.4 is 0 Å². The standard InChI is InChI=1S/C17H20N2O5/c20-15-12-18(11-14-7-4-10-19(14)15)17(22)24-23-16(21)9-8-13-5-2-1-3-6-13/h1-3,5-6,14H,4,7-12H2/t14-/m0/s1. The zero-order valence-corrected chi connectivity index (χ0v) is 13.3. The maximum atomic E-state index is 12.0. The quantitative estimate of drug-likeness (QED) is 0.620. The molecule has 0 aromatic heterocycles. The van der Waals surface area contributed by atoms with Gasteiger partial charge in [0.2, 0.25) is 5.91 Å². The van der Waals surface area contributed by atoms with Crippen LogP contribution in [0.15, 0.2) is 30.3 Å². The Morgan fingerprint density at radius 1 is 1.17 bits per heavy atom. The fraction of sp³-hybridized carbons (Fsp3) is 0.471. The van der Waals surface area contributed by atoms with Gasteiger partial charge in [-0.05, 0) is 24.8 Å². The molecule has 1 aromatic carbocycles. The first-order valence-corrected chi connectivity index (χ1v) is 8.13. The van der Waals surface area contributed by atoms with Crippen molar-refractivity contribution >= 4 is 18.0 Å². The molecule has 2 fully saturated rings. The van der Waals surface area contributed by atoms with E-state index in [1.807, 2.05) is 30.3 Å². The molecule has 3 rings (SSSR count). The third-order valence-corrected chi connectivity index (χ3v) is 4.38. The number of hydrogen-bond acceptors (Lipinski definition) is 5. The Balaban J connectivity index is 1.42. The van der Waals surface area contributed by atoms with E-state index in [9.17, 15) is 14.4 Å². The lowest BCUT2D eigenvalue weighted by Gasteiger charge is -2.35. The van der Waals surface area contributed by atoms with Gasteiger partial charge in [-0.15, -0.1) is 0 Å². The smallest absolute Gasteiger partial charge is 0.336 e. The van der Waals surface area contributed by atoms with Gasteiger partial charge in [0.25, 0.3) is 0 Å². The summed E-state index contributed by atoms with van der Waals surface area (Å²) in [4.78, 5) is 47.8. The van der Waals surface area contributed by atoms with Crippen LogP contribution in [0.2, 0.25) is 0 Å². The number of aryl methyl sites for hydroxylation is 1. The van der Waals surface area contributed by atoms with Gasteiger partial charge < -0.3 is 4.90 Å². The minimum atomic E-state index is -0.789. The zero-order valence-electron chi connectivity index (χ0n) is 13.3. The van der Waals surface area contributed by atoms with Crippen molar-refractivity contribution in [2.75, 3.05) is 19.6 Å². The topological polar surface area (TPSA) is 76.1 Å². The van der Waals surface area contributed by atoms with Crippen molar-refractivity contribution in [2.24, 2.45) is 0 Å². The molecule has 24 heavy (non-hydrogen) atoms. The van der Waals surface area contributed by atoms with E-state index in [4.69, 9.17) is 0 Å². The average Bonchev–Trinajstić information content (AvgIpc) is 3.08. The van der Waals surface area contributed by atoms with Gasteiger partial charge >= 0.3 is 12.1 Å². The Hall–Kier alpha value is -2.57. The molecule has 2 amide bonds.